The van der Waals surface area contributed by atoms with Crippen LogP contribution in [-0.2, 0) is 9.53 Å². The molecule has 4 nitrogen and oxygen atoms in total. The Bertz CT molecular complexity index is 349. The van der Waals surface area contributed by atoms with Crippen LogP contribution in [-0.4, -0.2) is 47.2 Å². The van der Waals surface area contributed by atoms with Crippen molar-refractivity contribution in [2.45, 2.75) is 69.7 Å². The standard InChI is InChI=1S/C14H24N2O2/c1-13(2,3)16-9-14(18-8-12(16)17)6-10-4-5-11(7-14)15-10/h10-11,15H,4-9H2,1-3H3. The van der Waals surface area contributed by atoms with Gasteiger partial charge >= 0.3 is 0 Å². The molecule has 0 aromatic heterocycles. The van der Waals surface area contributed by atoms with E-state index in [1.165, 1.54) is 12.8 Å². The normalized spacial score (nSPS) is 40.6. The highest BCUT2D eigenvalue weighted by atomic mass is 16.5. The van der Waals surface area contributed by atoms with Crippen molar-refractivity contribution in [1.82, 2.24) is 10.2 Å². The van der Waals surface area contributed by atoms with Crippen LogP contribution in [0.3, 0.4) is 0 Å². The van der Waals surface area contributed by atoms with Crippen LogP contribution in [0, 0.1) is 0 Å². The van der Waals surface area contributed by atoms with E-state index >= 15 is 0 Å². The van der Waals surface area contributed by atoms with Crippen molar-refractivity contribution in [3.8, 4) is 0 Å². The first-order chi connectivity index (χ1) is 8.38. The molecule has 2 unspecified atom stereocenters. The minimum absolute atomic E-state index is 0.0850. The lowest BCUT2D eigenvalue weighted by Gasteiger charge is -2.50. The van der Waals surface area contributed by atoms with Crippen molar-refractivity contribution in [3.63, 3.8) is 0 Å². The summed E-state index contributed by atoms with van der Waals surface area (Å²) in [7, 11) is 0. The summed E-state index contributed by atoms with van der Waals surface area (Å²) in [6, 6.07) is 1.19. The zero-order valence-corrected chi connectivity index (χ0v) is 11.7. The second kappa shape index (κ2) is 3.94. The zero-order valence-electron chi connectivity index (χ0n) is 11.7. The third-order valence-corrected chi connectivity index (χ3v) is 4.63. The number of fused-ring (bicyclic) bond motifs is 2. The number of nitrogens with zero attached hydrogens (tertiary/aromatic N) is 1. The van der Waals surface area contributed by atoms with E-state index in [2.05, 4.69) is 26.1 Å². The van der Waals surface area contributed by atoms with Crippen LogP contribution < -0.4 is 5.32 Å². The van der Waals surface area contributed by atoms with Crippen molar-refractivity contribution in [1.29, 1.82) is 0 Å². The largest absolute Gasteiger partial charge is 0.363 e. The molecule has 0 saturated carbocycles. The summed E-state index contributed by atoms with van der Waals surface area (Å²) in [5.74, 6) is 0.138. The first-order valence-electron chi connectivity index (χ1n) is 7.08. The lowest BCUT2D eigenvalue weighted by molar-refractivity contribution is -0.179. The van der Waals surface area contributed by atoms with Crippen molar-refractivity contribution < 1.29 is 9.53 Å². The molecule has 0 aliphatic carbocycles. The summed E-state index contributed by atoms with van der Waals surface area (Å²) in [6.07, 6.45) is 4.64. The van der Waals surface area contributed by atoms with E-state index in [4.69, 9.17) is 4.74 Å². The second-order valence-electron chi connectivity index (χ2n) is 7.17. The van der Waals surface area contributed by atoms with Crippen LogP contribution >= 0.6 is 0 Å². The maximum atomic E-state index is 12.0. The fourth-order valence-corrected chi connectivity index (χ4v) is 3.78. The predicted octanol–water partition coefficient (Wildman–Crippen LogP) is 1.30. The van der Waals surface area contributed by atoms with Gasteiger partial charge in [-0.05, 0) is 46.5 Å². The monoisotopic (exact) mass is 252 g/mol. The maximum Gasteiger partial charge on any atom is 0.249 e. The number of carbonyl (C=O) groups excluding carboxylic acids is 1. The van der Waals surface area contributed by atoms with Crippen LogP contribution in [0.4, 0.5) is 0 Å². The number of ether oxygens (including phenoxy) is 1. The van der Waals surface area contributed by atoms with Crippen molar-refractivity contribution in [2.75, 3.05) is 13.2 Å². The van der Waals surface area contributed by atoms with Crippen LogP contribution in [0.2, 0.25) is 0 Å². The van der Waals surface area contributed by atoms with Gasteiger partial charge in [-0.3, -0.25) is 4.79 Å². The van der Waals surface area contributed by atoms with Gasteiger partial charge in [0.15, 0.2) is 0 Å². The topological polar surface area (TPSA) is 41.6 Å². The number of morpholine rings is 1. The van der Waals surface area contributed by atoms with Gasteiger partial charge in [-0.1, -0.05) is 0 Å². The quantitative estimate of drug-likeness (QED) is 0.706. The number of piperidine rings is 1. The number of hydrogen-bond donors (Lipinski definition) is 1. The first-order valence-corrected chi connectivity index (χ1v) is 7.08. The Morgan fingerprint density at radius 3 is 2.44 bits per heavy atom. The maximum absolute atomic E-state index is 12.0. The third-order valence-electron chi connectivity index (χ3n) is 4.63. The molecule has 102 valence electrons. The van der Waals surface area contributed by atoms with E-state index in [1.807, 2.05) is 4.90 Å². The van der Waals surface area contributed by atoms with Crippen LogP contribution in [0.5, 0.6) is 0 Å². The molecule has 4 heteroatoms. The van der Waals surface area contributed by atoms with E-state index < -0.39 is 0 Å². The summed E-state index contributed by atoms with van der Waals surface area (Å²) in [4.78, 5) is 14.0. The molecular formula is C14H24N2O2. The molecule has 1 amide bonds. The molecule has 2 bridgehead atoms. The van der Waals surface area contributed by atoms with E-state index in [0.29, 0.717) is 12.1 Å². The van der Waals surface area contributed by atoms with Crippen LogP contribution in [0.1, 0.15) is 46.5 Å². The van der Waals surface area contributed by atoms with E-state index in [9.17, 15) is 4.79 Å². The minimum Gasteiger partial charge on any atom is -0.363 e. The Labute approximate surface area is 109 Å². The highest BCUT2D eigenvalue weighted by Crippen LogP contribution is 2.39. The zero-order chi connectivity index (χ0) is 13.0. The first kappa shape index (κ1) is 12.4. The van der Waals surface area contributed by atoms with Gasteiger partial charge in [0.25, 0.3) is 0 Å². The van der Waals surface area contributed by atoms with Crippen molar-refractivity contribution in [2.24, 2.45) is 0 Å². The number of carbonyl (C=O) groups is 1. The molecule has 3 aliphatic heterocycles. The van der Waals surface area contributed by atoms with E-state index in [1.54, 1.807) is 0 Å². The number of nitrogens with one attached hydrogen (secondary N) is 1. The van der Waals surface area contributed by atoms with Gasteiger partial charge in [-0.25, -0.2) is 0 Å². The van der Waals surface area contributed by atoms with Gasteiger partial charge in [0.05, 0.1) is 12.1 Å². The molecular weight excluding hydrogens is 228 g/mol. The molecule has 1 spiro atoms. The summed E-state index contributed by atoms with van der Waals surface area (Å²) >= 11 is 0. The molecule has 3 aliphatic rings. The second-order valence-corrected chi connectivity index (χ2v) is 7.17. The molecule has 0 aromatic rings. The number of hydrogen-bond acceptors (Lipinski definition) is 3. The predicted molar refractivity (Wildman–Crippen MR) is 69.3 cm³/mol. The minimum atomic E-state index is -0.0994. The van der Waals surface area contributed by atoms with Gasteiger partial charge < -0.3 is 15.0 Å². The smallest absolute Gasteiger partial charge is 0.249 e. The summed E-state index contributed by atoms with van der Waals surface area (Å²) in [6.45, 7) is 7.36. The molecule has 3 rings (SSSR count). The van der Waals surface area contributed by atoms with E-state index in [0.717, 1.165) is 19.4 Å². The fourth-order valence-electron chi connectivity index (χ4n) is 3.78. The molecule has 0 aromatic carbocycles. The number of amides is 1. The van der Waals surface area contributed by atoms with Crippen LogP contribution in [0.25, 0.3) is 0 Å². The molecule has 2 atom stereocenters. The fraction of sp³-hybridized carbons (Fsp3) is 0.929. The van der Waals surface area contributed by atoms with Crippen LogP contribution in [0.15, 0.2) is 0 Å². The molecule has 18 heavy (non-hydrogen) atoms. The molecule has 3 saturated heterocycles. The molecule has 3 fully saturated rings. The molecule has 3 heterocycles. The van der Waals surface area contributed by atoms with Gasteiger partial charge in [-0.15, -0.1) is 0 Å². The highest BCUT2D eigenvalue weighted by molar-refractivity contribution is 5.79. The average Bonchev–Trinajstić information content (AvgIpc) is 2.61. The Balaban J connectivity index is 1.80. The Hall–Kier alpha value is -0.610. The lowest BCUT2D eigenvalue weighted by Crippen LogP contribution is -2.64. The van der Waals surface area contributed by atoms with E-state index in [-0.39, 0.29) is 23.7 Å². The summed E-state index contributed by atoms with van der Waals surface area (Å²) in [5.41, 5.74) is -0.184. The number of rotatable bonds is 0. The van der Waals surface area contributed by atoms with Crippen molar-refractivity contribution in [3.05, 3.63) is 0 Å². The Kier molecular flexibility index (Phi) is 2.72. The molecule has 0 radical (unpaired) electrons. The lowest BCUT2D eigenvalue weighted by atomic mass is 9.84. The van der Waals surface area contributed by atoms with Gasteiger partial charge in [-0.2, -0.15) is 0 Å². The van der Waals surface area contributed by atoms with Crippen molar-refractivity contribution >= 4 is 5.91 Å². The SMILES string of the molecule is CC(C)(C)N1CC2(CC3CCC(C2)N3)OCC1=O. The summed E-state index contributed by atoms with van der Waals surface area (Å²) in [5, 5.41) is 3.64. The van der Waals surface area contributed by atoms with Gasteiger partial charge in [0, 0.05) is 17.6 Å². The molecule has 1 N–H and O–H groups in total. The average molecular weight is 252 g/mol. The Morgan fingerprint density at radius 1 is 1.28 bits per heavy atom. The Morgan fingerprint density at radius 2 is 1.89 bits per heavy atom. The van der Waals surface area contributed by atoms with Gasteiger partial charge in [0.1, 0.15) is 6.61 Å². The van der Waals surface area contributed by atoms with Gasteiger partial charge in [0.2, 0.25) is 5.91 Å². The summed E-state index contributed by atoms with van der Waals surface area (Å²) < 4.78 is 5.99. The highest BCUT2D eigenvalue weighted by Gasteiger charge is 2.49. The third kappa shape index (κ3) is 2.05.